The molecule has 0 unspecified atom stereocenters. The molecular formula is C16H18O. The van der Waals surface area contributed by atoms with Crippen molar-refractivity contribution in [3.05, 3.63) is 59.2 Å². The molecule has 0 aromatic heterocycles. The van der Waals surface area contributed by atoms with E-state index in [9.17, 15) is 5.11 Å². The van der Waals surface area contributed by atoms with E-state index in [1.807, 2.05) is 24.3 Å². The largest absolute Gasteiger partial charge is 0.392 e. The molecule has 0 aliphatic rings. The molecule has 0 amide bonds. The van der Waals surface area contributed by atoms with Crippen molar-refractivity contribution in [3.63, 3.8) is 0 Å². The summed E-state index contributed by atoms with van der Waals surface area (Å²) in [5.74, 6) is 0. The molecule has 0 saturated carbocycles. The third-order valence-electron chi connectivity index (χ3n) is 3.28. The van der Waals surface area contributed by atoms with Crippen LogP contribution in [0, 0.1) is 6.92 Å². The van der Waals surface area contributed by atoms with Gasteiger partial charge in [0, 0.05) is 0 Å². The van der Waals surface area contributed by atoms with Crippen LogP contribution < -0.4 is 0 Å². The molecule has 0 saturated heterocycles. The Labute approximate surface area is 103 Å². The van der Waals surface area contributed by atoms with Crippen molar-refractivity contribution in [3.8, 4) is 11.1 Å². The highest BCUT2D eigenvalue weighted by Crippen LogP contribution is 2.30. The molecule has 1 nitrogen and oxygen atoms in total. The van der Waals surface area contributed by atoms with E-state index >= 15 is 0 Å². The van der Waals surface area contributed by atoms with Crippen LogP contribution in [0.2, 0.25) is 0 Å². The van der Waals surface area contributed by atoms with Gasteiger partial charge in [-0.1, -0.05) is 49.4 Å². The molecule has 0 spiro atoms. The van der Waals surface area contributed by atoms with Crippen LogP contribution in [0.25, 0.3) is 11.1 Å². The van der Waals surface area contributed by atoms with E-state index in [0.717, 1.165) is 12.0 Å². The highest BCUT2D eigenvalue weighted by molar-refractivity contribution is 5.72. The number of aliphatic hydroxyl groups excluding tert-OH is 1. The van der Waals surface area contributed by atoms with Crippen LogP contribution >= 0.6 is 0 Å². The number of hydrogen-bond acceptors (Lipinski definition) is 1. The highest BCUT2D eigenvalue weighted by atomic mass is 16.3. The molecule has 2 aromatic rings. The van der Waals surface area contributed by atoms with Gasteiger partial charge in [-0.15, -0.1) is 0 Å². The summed E-state index contributed by atoms with van der Waals surface area (Å²) in [7, 11) is 0. The first-order valence-electron chi connectivity index (χ1n) is 6.05. The maximum Gasteiger partial charge on any atom is 0.0687 e. The fraction of sp³-hybridized carbons (Fsp3) is 0.250. The maximum absolute atomic E-state index is 9.47. The number of hydrogen-bond donors (Lipinski definition) is 1. The minimum absolute atomic E-state index is 0.0923. The van der Waals surface area contributed by atoms with E-state index in [1.165, 1.54) is 22.3 Å². The Morgan fingerprint density at radius 3 is 2.18 bits per heavy atom. The molecule has 88 valence electrons. The number of rotatable bonds is 3. The maximum atomic E-state index is 9.47. The lowest BCUT2D eigenvalue weighted by molar-refractivity contribution is 0.282. The van der Waals surface area contributed by atoms with Gasteiger partial charge in [-0.3, -0.25) is 0 Å². The van der Waals surface area contributed by atoms with Crippen LogP contribution in [0.15, 0.2) is 42.5 Å². The van der Waals surface area contributed by atoms with Crippen molar-refractivity contribution in [2.45, 2.75) is 26.9 Å². The van der Waals surface area contributed by atoms with E-state index in [4.69, 9.17) is 0 Å². The van der Waals surface area contributed by atoms with Crippen molar-refractivity contribution < 1.29 is 5.11 Å². The minimum Gasteiger partial charge on any atom is -0.392 e. The number of aliphatic hydroxyl groups is 1. The molecule has 17 heavy (non-hydrogen) atoms. The van der Waals surface area contributed by atoms with Crippen LogP contribution in [0.4, 0.5) is 0 Å². The standard InChI is InChI=1S/C16H18O/c1-3-13-9-10-15(11-17)16(12(13)2)14-7-5-4-6-8-14/h4-10,17H,3,11H2,1-2H3. The second-order valence-electron chi connectivity index (χ2n) is 4.26. The molecule has 0 radical (unpaired) electrons. The molecule has 0 aliphatic carbocycles. The van der Waals surface area contributed by atoms with Crippen molar-refractivity contribution in [1.82, 2.24) is 0 Å². The summed E-state index contributed by atoms with van der Waals surface area (Å²) in [6, 6.07) is 14.4. The lowest BCUT2D eigenvalue weighted by atomic mass is 9.91. The summed E-state index contributed by atoms with van der Waals surface area (Å²) in [4.78, 5) is 0. The monoisotopic (exact) mass is 226 g/mol. The predicted octanol–water partition coefficient (Wildman–Crippen LogP) is 3.72. The Kier molecular flexibility index (Phi) is 3.60. The normalized spacial score (nSPS) is 10.5. The van der Waals surface area contributed by atoms with Crippen molar-refractivity contribution in [1.29, 1.82) is 0 Å². The zero-order valence-corrected chi connectivity index (χ0v) is 10.4. The van der Waals surface area contributed by atoms with Crippen molar-refractivity contribution >= 4 is 0 Å². The highest BCUT2D eigenvalue weighted by Gasteiger charge is 2.10. The van der Waals surface area contributed by atoms with E-state index < -0.39 is 0 Å². The Morgan fingerprint density at radius 2 is 1.59 bits per heavy atom. The molecule has 0 heterocycles. The molecule has 1 heteroatoms. The Morgan fingerprint density at radius 1 is 0.941 bits per heavy atom. The quantitative estimate of drug-likeness (QED) is 0.845. The average molecular weight is 226 g/mol. The Balaban J connectivity index is 2.66. The fourth-order valence-electron chi connectivity index (χ4n) is 2.33. The van der Waals surface area contributed by atoms with Gasteiger partial charge in [-0.2, -0.15) is 0 Å². The zero-order chi connectivity index (χ0) is 12.3. The van der Waals surface area contributed by atoms with Crippen molar-refractivity contribution in [2.75, 3.05) is 0 Å². The summed E-state index contributed by atoms with van der Waals surface area (Å²) in [6.07, 6.45) is 1.03. The van der Waals surface area contributed by atoms with E-state index in [0.29, 0.717) is 0 Å². The van der Waals surface area contributed by atoms with Crippen LogP contribution in [0.5, 0.6) is 0 Å². The molecule has 1 N–H and O–H groups in total. The average Bonchev–Trinajstić information content (AvgIpc) is 2.39. The molecule has 0 atom stereocenters. The smallest absolute Gasteiger partial charge is 0.0687 e. The van der Waals surface area contributed by atoms with Crippen molar-refractivity contribution in [2.24, 2.45) is 0 Å². The number of aryl methyl sites for hydroxylation is 1. The van der Waals surface area contributed by atoms with Crippen LogP contribution in [0.3, 0.4) is 0 Å². The summed E-state index contributed by atoms with van der Waals surface area (Å²) in [5, 5.41) is 9.47. The van der Waals surface area contributed by atoms with Gasteiger partial charge in [0.25, 0.3) is 0 Å². The van der Waals surface area contributed by atoms with E-state index in [2.05, 4.69) is 32.0 Å². The van der Waals surface area contributed by atoms with Gasteiger partial charge >= 0.3 is 0 Å². The SMILES string of the molecule is CCc1ccc(CO)c(-c2ccccc2)c1C. The van der Waals surface area contributed by atoms with Gasteiger partial charge in [-0.05, 0) is 41.2 Å². The fourth-order valence-corrected chi connectivity index (χ4v) is 2.33. The van der Waals surface area contributed by atoms with Gasteiger partial charge in [-0.25, -0.2) is 0 Å². The Bertz CT molecular complexity index is 500. The third-order valence-corrected chi connectivity index (χ3v) is 3.28. The molecule has 0 fully saturated rings. The number of benzene rings is 2. The van der Waals surface area contributed by atoms with Crippen LogP contribution in [-0.4, -0.2) is 5.11 Å². The van der Waals surface area contributed by atoms with Gasteiger partial charge in [0.15, 0.2) is 0 Å². The van der Waals surface area contributed by atoms with E-state index in [1.54, 1.807) is 0 Å². The minimum atomic E-state index is 0.0923. The lowest BCUT2D eigenvalue weighted by Gasteiger charge is -2.14. The van der Waals surface area contributed by atoms with Gasteiger partial charge in [0.05, 0.1) is 6.61 Å². The second kappa shape index (κ2) is 5.15. The third kappa shape index (κ3) is 2.25. The van der Waals surface area contributed by atoms with Gasteiger partial charge < -0.3 is 5.11 Å². The first-order valence-corrected chi connectivity index (χ1v) is 6.05. The Hall–Kier alpha value is -1.60. The van der Waals surface area contributed by atoms with Gasteiger partial charge in [0.2, 0.25) is 0 Å². The topological polar surface area (TPSA) is 20.2 Å². The molecule has 0 bridgehead atoms. The first-order chi connectivity index (χ1) is 8.27. The second-order valence-corrected chi connectivity index (χ2v) is 4.26. The summed E-state index contributed by atoms with van der Waals surface area (Å²) >= 11 is 0. The summed E-state index contributed by atoms with van der Waals surface area (Å²) < 4.78 is 0. The summed E-state index contributed by atoms with van der Waals surface area (Å²) in [6.45, 7) is 4.39. The molecule has 0 aliphatic heterocycles. The van der Waals surface area contributed by atoms with E-state index in [-0.39, 0.29) is 6.61 Å². The lowest BCUT2D eigenvalue weighted by Crippen LogP contribution is -1.97. The van der Waals surface area contributed by atoms with Crippen LogP contribution in [0.1, 0.15) is 23.6 Å². The van der Waals surface area contributed by atoms with Crippen LogP contribution in [-0.2, 0) is 13.0 Å². The zero-order valence-electron chi connectivity index (χ0n) is 10.4. The molecule has 2 rings (SSSR count). The summed E-state index contributed by atoms with van der Waals surface area (Å²) in [5.41, 5.74) is 6.01. The first kappa shape index (κ1) is 11.9. The predicted molar refractivity (Wildman–Crippen MR) is 71.9 cm³/mol. The van der Waals surface area contributed by atoms with Gasteiger partial charge in [0.1, 0.15) is 0 Å². The molecule has 2 aromatic carbocycles. The molecular weight excluding hydrogens is 208 g/mol.